The molecule has 1 amide bonds. The van der Waals surface area contributed by atoms with Gasteiger partial charge in [-0.25, -0.2) is 0 Å². The number of piperidine rings is 1. The van der Waals surface area contributed by atoms with Crippen molar-refractivity contribution in [2.75, 3.05) is 63.8 Å². The fraction of sp³-hybridized carbons (Fsp3) is 0.700. The van der Waals surface area contributed by atoms with E-state index in [-0.39, 0.29) is 29.9 Å². The summed E-state index contributed by atoms with van der Waals surface area (Å²) in [5.74, 6) is 1.11. The molecule has 9 heteroatoms. The third-order valence-corrected chi connectivity index (χ3v) is 6.43. The van der Waals surface area contributed by atoms with Gasteiger partial charge in [0, 0.05) is 65.3 Å². The molecule has 2 saturated heterocycles. The maximum atomic E-state index is 11.4. The van der Waals surface area contributed by atoms with E-state index in [0.717, 1.165) is 77.7 Å². The maximum absolute atomic E-state index is 11.4. The van der Waals surface area contributed by atoms with Crippen LogP contribution < -0.4 is 15.5 Å². The van der Waals surface area contributed by atoms with Crippen molar-refractivity contribution < 1.29 is 4.79 Å². The minimum absolute atomic E-state index is 0. The molecule has 0 aliphatic carbocycles. The molecule has 0 spiro atoms. The molecular formula is C20H35IN6OS. The van der Waals surface area contributed by atoms with Gasteiger partial charge in [-0.05, 0) is 37.3 Å². The van der Waals surface area contributed by atoms with E-state index in [9.17, 15) is 4.79 Å². The summed E-state index contributed by atoms with van der Waals surface area (Å²) < 4.78 is 0. The first-order chi connectivity index (χ1) is 13.7. The Hall–Kier alpha value is -1.07. The normalized spacial score (nSPS) is 19.0. The highest BCUT2D eigenvalue weighted by atomic mass is 127. The molecule has 29 heavy (non-hydrogen) atoms. The number of carbonyl (C=O) groups is 1. The van der Waals surface area contributed by atoms with Crippen LogP contribution >= 0.6 is 35.3 Å². The topological polar surface area (TPSA) is 63.2 Å². The third kappa shape index (κ3) is 7.60. The number of carbonyl (C=O) groups excluding carboxylic acids is 1. The number of anilines is 1. The highest BCUT2D eigenvalue weighted by Gasteiger charge is 2.21. The van der Waals surface area contributed by atoms with Crippen LogP contribution in [0.25, 0.3) is 0 Å². The van der Waals surface area contributed by atoms with Gasteiger partial charge >= 0.3 is 0 Å². The van der Waals surface area contributed by atoms with E-state index in [1.54, 1.807) is 6.92 Å². The summed E-state index contributed by atoms with van der Waals surface area (Å²) in [6, 6.07) is 4.81. The number of rotatable bonds is 6. The Kier molecular flexibility index (Phi) is 10.5. The second-order valence-corrected chi connectivity index (χ2v) is 8.39. The third-order valence-electron chi connectivity index (χ3n) is 5.50. The molecule has 1 aromatic rings. The molecule has 0 radical (unpaired) electrons. The molecule has 164 valence electrons. The molecule has 2 fully saturated rings. The highest BCUT2D eigenvalue weighted by molar-refractivity contribution is 14.0. The summed E-state index contributed by atoms with van der Waals surface area (Å²) in [6.07, 6.45) is 2.27. The first-order valence-corrected chi connectivity index (χ1v) is 11.3. The van der Waals surface area contributed by atoms with Gasteiger partial charge < -0.3 is 20.4 Å². The maximum Gasteiger partial charge on any atom is 0.219 e. The number of aliphatic imine (C=N–C) groups is 1. The van der Waals surface area contributed by atoms with Crippen LogP contribution in [0.1, 0.15) is 26.7 Å². The Bertz CT molecular complexity index is 625. The number of hydrogen-bond acceptors (Lipinski definition) is 5. The lowest BCUT2D eigenvalue weighted by atomic mass is 10.1. The summed E-state index contributed by atoms with van der Waals surface area (Å²) in [5.41, 5.74) is 0. The van der Waals surface area contributed by atoms with E-state index in [1.165, 1.54) is 5.00 Å². The molecule has 2 aliphatic heterocycles. The van der Waals surface area contributed by atoms with Crippen molar-refractivity contribution in [3.05, 3.63) is 17.5 Å². The highest BCUT2D eigenvalue weighted by Crippen LogP contribution is 2.24. The molecule has 0 atom stereocenters. The zero-order chi connectivity index (χ0) is 19.8. The van der Waals surface area contributed by atoms with Crippen molar-refractivity contribution in [1.82, 2.24) is 20.4 Å². The minimum Gasteiger partial charge on any atom is -0.363 e. The molecule has 7 nitrogen and oxygen atoms in total. The average molecular weight is 535 g/mol. The van der Waals surface area contributed by atoms with Crippen LogP contribution in [0.15, 0.2) is 22.5 Å². The van der Waals surface area contributed by atoms with E-state index in [2.05, 4.69) is 44.9 Å². The van der Waals surface area contributed by atoms with E-state index in [4.69, 9.17) is 4.99 Å². The number of amides is 1. The summed E-state index contributed by atoms with van der Waals surface area (Å²) in [4.78, 5) is 23.0. The van der Waals surface area contributed by atoms with Gasteiger partial charge in [0.2, 0.25) is 5.91 Å². The lowest BCUT2D eigenvalue weighted by molar-refractivity contribution is -0.130. The van der Waals surface area contributed by atoms with E-state index < -0.39 is 0 Å². The minimum atomic E-state index is 0. The Labute approximate surface area is 195 Å². The lowest BCUT2D eigenvalue weighted by Gasteiger charge is -2.34. The van der Waals surface area contributed by atoms with Crippen molar-refractivity contribution in [2.45, 2.75) is 32.7 Å². The van der Waals surface area contributed by atoms with Gasteiger partial charge in [0.1, 0.15) is 0 Å². The van der Waals surface area contributed by atoms with E-state index in [0.29, 0.717) is 6.04 Å². The second kappa shape index (κ2) is 12.6. The SMILES string of the molecule is CCNC(=NCCN1CCN(C(C)=O)CC1)NC1CCN(c2cccs2)CC1.I. The smallest absolute Gasteiger partial charge is 0.219 e. The number of piperazine rings is 1. The summed E-state index contributed by atoms with van der Waals surface area (Å²) in [6.45, 7) is 12.1. The molecule has 0 aromatic carbocycles. The van der Waals surface area contributed by atoms with Gasteiger partial charge in [-0.2, -0.15) is 0 Å². The van der Waals surface area contributed by atoms with Gasteiger partial charge in [0.05, 0.1) is 11.5 Å². The van der Waals surface area contributed by atoms with Crippen LogP contribution in [0.5, 0.6) is 0 Å². The number of thiophene rings is 1. The molecule has 0 bridgehead atoms. The van der Waals surface area contributed by atoms with E-state index in [1.807, 2.05) is 16.2 Å². The Morgan fingerprint density at radius 2 is 1.93 bits per heavy atom. The van der Waals surface area contributed by atoms with Crippen LogP contribution in [0, 0.1) is 0 Å². The molecule has 3 rings (SSSR count). The van der Waals surface area contributed by atoms with Crippen LogP contribution in [0.4, 0.5) is 5.00 Å². The molecular weight excluding hydrogens is 499 g/mol. The Morgan fingerprint density at radius 1 is 1.21 bits per heavy atom. The van der Waals surface area contributed by atoms with Gasteiger partial charge in [-0.1, -0.05) is 0 Å². The number of hydrogen-bond donors (Lipinski definition) is 2. The average Bonchev–Trinajstić information content (AvgIpc) is 3.24. The molecule has 0 unspecified atom stereocenters. The standard InChI is InChI=1S/C20H34N6OS.HI/c1-3-21-20(22-8-11-24-12-14-25(15-13-24)17(2)27)23-18-6-9-26(10-7-18)19-5-4-16-28-19;/h4-5,16,18H,3,6-15H2,1-2H3,(H2,21,22,23);1H. The van der Waals surface area contributed by atoms with Crippen LogP contribution in [0.2, 0.25) is 0 Å². The molecule has 0 saturated carbocycles. The predicted molar refractivity (Wildman–Crippen MR) is 133 cm³/mol. The zero-order valence-corrected chi connectivity index (χ0v) is 20.7. The first-order valence-electron chi connectivity index (χ1n) is 10.5. The zero-order valence-electron chi connectivity index (χ0n) is 17.6. The molecule has 1 aromatic heterocycles. The van der Waals surface area contributed by atoms with Crippen LogP contribution in [-0.2, 0) is 4.79 Å². The summed E-state index contributed by atoms with van der Waals surface area (Å²) in [7, 11) is 0. The van der Waals surface area contributed by atoms with E-state index >= 15 is 0 Å². The van der Waals surface area contributed by atoms with Gasteiger partial charge in [-0.3, -0.25) is 14.7 Å². The largest absolute Gasteiger partial charge is 0.363 e. The number of nitrogens with zero attached hydrogens (tertiary/aromatic N) is 4. The Morgan fingerprint density at radius 3 is 2.52 bits per heavy atom. The fourth-order valence-electron chi connectivity index (χ4n) is 3.80. The van der Waals surface area contributed by atoms with Crippen LogP contribution in [0.3, 0.4) is 0 Å². The molecule has 3 heterocycles. The van der Waals surface area contributed by atoms with Crippen LogP contribution in [-0.4, -0.2) is 86.6 Å². The van der Waals surface area contributed by atoms with Gasteiger partial charge in [-0.15, -0.1) is 35.3 Å². The second-order valence-electron chi connectivity index (χ2n) is 7.47. The molecule has 2 aliphatic rings. The monoisotopic (exact) mass is 534 g/mol. The number of halogens is 1. The number of guanidine groups is 1. The lowest BCUT2D eigenvalue weighted by Crippen LogP contribution is -2.49. The predicted octanol–water partition coefficient (Wildman–Crippen LogP) is 2.05. The van der Waals surface area contributed by atoms with Gasteiger partial charge in [0.15, 0.2) is 5.96 Å². The van der Waals surface area contributed by atoms with Crippen molar-refractivity contribution >= 4 is 52.2 Å². The number of nitrogens with one attached hydrogen (secondary N) is 2. The van der Waals surface area contributed by atoms with Crippen molar-refractivity contribution in [1.29, 1.82) is 0 Å². The van der Waals surface area contributed by atoms with Crippen molar-refractivity contribution in [3.8, 4) is 0 Å². The van der Waals surface area contributed by atoms with Gasteiger partial charge in [0.25, 0.3) is 0 Å². The Balaban J connectivity index is 0.00000300. The molecule has 2 N–H and O–H groups in total. The summed E-state index contributed by atoms with van der Waals surface area (Å²) >= 11 is 1.82. The van der Waals surface area contributed by atoms with Crippen molar-refractivity contribution in [3.63, 3.8) is 0 Å². The summed E-state index contributed by atoms with van der Waals surface area (Å²) in [5, 5.41) is 10.5. The first kappa shape index (κ1) is 24.2. The van der Waals surface area contributed by atoms with Crippen molar-refractivity contribution in [2.24, 2.45) is 4.99 Å². The quantitative estimate of drug-likeness (QED) is 0.333. The fourth-order valence-corrected chi connectivity index (χ4v) is 4.58.